The average molecular weight is 259 g/mol. The van der Waals surface area contributed by atoms with Crippen molar-refractivity contribution in [2.45, 2.75) is 13.3 Å². The molecule has 0 amide bonds. The molecule has 98 valence electrons. The van der Waals surface area contributed by atoms with Crippen LogP contribution in [-0.4, -0.2) is 22.6 Å². The molecule has 0 bridgehead atoms. The summed E-state index contributed by atoms with van der Waals surface area (Å²) in [6.45, 7) is 1.78. The van der Waals surface area contributed by atoms with Crippen molar-refractivity contribution in [3.05, 3.63) is 29.3 Å². The highest BCUT2D eigenvalue weighted by Crippen LogP contribution is 2.15. The van der Waals surface area contributed by atoms with Gasteiger partial charge in [-0.15, -0.1) is 0 Å². The highest BCUT2D eigenvalue weighted by molar-refractivity contribution is 6.45. The van der Waals surface area contributed by atoms with Gasteiger partial charge in [0.05, 0.1) is 12.1 Å². The first-order chi connectivity index (χ1) is 8.93. The standard InChI is InChI=1S/C12H13N5O2/c1-7-4-9(3-2-8(7)5-11(18)19)16-17-10(6-13)12(14)15/h2-4,16H,5H2,1H3,(H3,14,15)(H,18,19)/b17-10+. The molecule has 0 saturated carbocycles. The second-order valence-corrected chi connectivity index (χ2v) is 3.81. The summed E-state index contributed by atoms with van der Waals surface area (Å²) in [5.74, 6) is -1.32. The number of nitrogens with one attached hydrogen (secondary N) is 2. The number of hydrogen-bond acceptors (Lipinski definition) is 5. The van der Waals surface area contributed by atoms with Crippen molar-refractivity contribution in [2.75, 3.05) is 5.43 Å². The van der Waals surface area contributed by atoms with E-state index in [2.05, 4.69) is 10.5 Å². The van der Waals surface area contributed by atoms with Crippen molar-refractivity contribution in [1.82, 2.24) is 0 Å². The van der Waals surface area contributed by atoms with Crippen molar-refractivity contribution in [3.63, 3.8) is 0 Å². The molecule has 0 aliphatic heterocycles. The lowest BCUT2D eigenvalue weighted by molar-refractivity contribution is -0.136. The van der Waals surface area contributed by atoms with Crippen LogP contribution in [-0.2, 0) is 11.2 Å². The van der Waals surface area contributed by atoms with Crippen LogP contribution < -0.4 is 11.2 Å². The first-order valence-corrected chi connectivity index (χ1v) is 5.33. The van der Waals surface area contributed by atoms with E-state index in [1.54, 1.807) is 31.2 Å². The molecule has 7 nitrogen and oxygen atoms in total. The number of anilines is 1. The molecule has 0 radical (unpaired) electrons. The molecule has 5 N–H and O–H groups in total. The molecule has 1 aromatic rings. The van der Waals surface area contributed by atoms with Gasteiger partial charge in [-0.25, -0.2) is 0 Å². The van der Waals surface area contributed by atoms with Crippen molar-refractivity contribution < 1.29 is 9.90 Å². The summed E-state index contributed by atoms with van der Waals surface area (Å²) in [5.41, 5.74) is 9.61. The van der Waals surface area contributed by atoms with E-state index >= 15 is 0 Å². The molecular formula is C12H13N5O2. The predicted molar refractivity (Wildman–Crippen MR) is 71.1 cm³/mol. The second kappa shape index (κ2) is 6.16. The zero-order valence-electron chi connectivity index (χ0n) is 10.3. The van der Waals surface area contributed by atoms with Gasteiger partial charge in [-0.2, -0.15) is 10.4 Å². The van der Waals surface area contributed by atoms with Gasteiger partial charge in [0.1, 0.15) is 6.07 Å². The molecule has 19 heavy (non-hydrogen) atoms. The monoisotopic (exact) mass is 259 g/mol. The van der Waals surface area contributed by atoms with Crippen molar-refractivity contribution in [1.29, 1.82) is 10.7 Å². The van der Waals surface area contributed by atoms with Gasteiger partial charge in [-0.05, 0) is 30.2 Å². The second-order valence-electron chi connectivity index (χ2n) is 3.81. The molecule has 0 saturated heterocycles. The topological polar surface area (TPSA) is 135 Å². The Hall–Kier alpha value is -2.88. The number of amidine groups is 1. The Bertz CT molecular complexity index is 586. The lowest BCUT2D eigenvalue weighted by atomic mass is 10.1. The Kier molecular flexibility index (Phi) is 4.60. The van der Waals surface area contributed by atoms with Crippen LogP contribution in [0, 0.1) is 23.7 Å². The third-order valence-corrected chi connectivity index (χ3v) is 2.34. The van der Waals surface area contributed by atoms with E-state index in [0.29, 0.717) is 11.3 Å². The number of carbonyl (C=O) groups is 1. The summed E-state index contributed by atoms with van der Waals surface area (Å²) in [6, 6.07) is 6.70. The van der Waals surface area contributed by atoms with E-state index < -0.39 is 11.8 Å². The number of benzene rings is 1. The molecule has 0 spiro atoms. The minimum Gasteiger partial charge on any atom is -0.481 e. The molecule has 1 aromatic carbocycles. The zero-order chi connectivity index (χ0) is 14.4. The molecule has 7 heteroatoms. The molecule has 0 unspecified atom stereocenters. The van der Waals surface area contributed by atoms with Crippen LogP contribution in [0.1, 0.15) is 11.1 Å². The summed E-state index contributed by atoms with van der Waals surface area (Å²) >= 11 is 0. The van der Waals surface area contributed by atoms with Gasteiger partial charge in [0.15, 0.2) is 5.84 Å². The Morgan fingerprint density at radius 1 is 1.63 bits per heavy atom. The maximum Gasteiger partial charge on any atom is 0.307 e. The van der Waals surface area contributed by atoms with E-state index in [1.807, 2.05) is 0 Å². The van der Waals surface area contributed by atoms with Gasteiger partial charge in [0, 0.05) is 0 Å². The van der Waals surface area contributed by atoms with E-state index in [4.69, 9.17) is 21.5 Å². The highest BCUT2D eigenvalue weighted by atomic mass is 16.4. The number of nitriles is 1. The fourth-order valence-electron chi connectivity index (χ4n) is 1.39. The first kappa shape index (κ1) is 14.2. The average Bonchev–Trinajstić information content (AvgIpc) is 2.32. The number of carboxylic acid groups (broad SMARTS) is 1. The van der Waals surface area contributed by atoms with Crippen LogP contribution in [0.15, 0.2) is 23.3 Å². The summed E-state index contributed by atoms with van der Waals surface area (Å²) in [5, 5.41) is 28.2. The quantitative estimate of drug-likeness (QED) is 0.353. The van der Waals surface area contributed by atoms with Gasteiger partial charge < -0.3 is 10.8 Å². The zero-order valence-corrected chi connectivity index (χ0v) is 10.3. The number of carboxylic acids is 1. The smallest absolute Gasteiger partial charge is 0.307 e. The predicted octanol–water partition coefficient (Wildman–Crippen LogP) is 0.850. The van der Waals surface area contributed by atoms with E-state index in [1.165, 1.54) is 0 Å². The first-order valence-electron chi connectivity index (χ1n) is 5.33. The number of aryl methyl sites for hydroxylation is 1. The number of hydrazone groups is 1. The van der Waals surface area contributed by atoms with Crippen LogP contribution in [0.3, 0.4) is 0 Å². The fraction of sp³-hybridized carbons (Fsp3) is 0.167. The lowest BCUT2D eigenvalue weighted by Gasteiger charge is -2.06. The van der Waals surface area contributed by atoms with Crippen molar-refractivity contribution in [2.24, 2.45) is 10.8 Å². The summed E-state index contributed by atoms with van der Waals surface area (Å²) in [7, 11) is 0. The minimum absolute atomic E-state index is 0.0493. The molecule has 0 heterocycles. The molecule has 0 aromatic heterocycles. The van der Waals surface area contributed by atoms with E-state index in [-0.39, 0.29) is 12.1 Å². The molecule has 0 aliphatic carbocycles. The summed E-state index contributed by atoms with van der Waals surface area (Å²) in [4.78, 5) is 10.6. The highest BCUT2D eigenvalue weighted by Gasteiger charge is 2.05. The third-order valence-electron chi connectivity index (χ3n) is 2.34. The maximum atomic E-state index is 10.6. The van der Waals surface area contributed by atoms with Gasteiger partial charge in [0.25, 0.3) is 0 Å². The van der Waals surface area contributed by atoms with Gasteiger partial charge in [0.2, 0.25) is 5.71 Å². The number of nitrogens with zero attached hydrogens (tertiary/aromatic N) is 2. The number of nitrogens with two attached hydrogens (primary N) is 1. The Balaban J connectivity index is 2.88. The maximum absolute atomic E-state index is 10.6. The largest absolute Gasteiger partial charge is 0.481 e. The summed E-state index contributed by atoms with van der Waals surface area (Å²) < 4.78 is 0. The Morgan fingerprint density at radius 3 is 2.79 bits per heavy atom. The van der Waals surface area contributed by atoms with Crippen molar-refractivity contribution >= 4 is 23.2 Å². The van der Waals surface area contributed by atoms with Crippen LogP contribution in [0.25, 0.3) is 0 Å². The normalized spacial score (nSPS) is 10.6. The SMILES string of the molecule is Cc1cc(N/N=C(\C#N)C(=N)N)ccc1CC(=O)O. The molecular weight excluding hydrogens is 246 g/mol. The fourth-order valence-corrected chi connectivity index (χ4v) is 1.39. The van der Waals surface area contributed by atoms with Crippen molar-refractivity contribution in [3.8, 4) is 6.07 Å². The summed E-state index contributed by atoms with van der Waals surface area (Å²) in [6.07, 6.45) is -0.0493. The van der Waals surface area contributed by atoms with Crippen LogP contribution in [0.5, 0.6) is 0 Å². The van der Waals surface area contributed by atoms with Crippen LogP contribution in [0.2, 0.25) is 0 Å². The molecule has 0 fully saturated rings. The minimum atomic E-state index is -0.898. The molecule has 1 rings (SSSR count). The van der Waals surface area contributed by atoms with Gasteiger partial charge in [-0.3, -0.25) is 15.6 Å². The van der Waals surface area contributed by atoms with E-state index in [9.17, 15) is 4.79 Å². The Morgan fingerprint density at radius 2 is 2.32 bits per heavy atom. The number of rotatable bonds is 5. The van der Waals surface area contributed by atoms with Gasteiger partial charge >= 0.3 is 5.97 Å². The van der Waals surface area contributed by atoms with Gasteiger partial charge in [-0.1, -0.05) is 6.07 Å². The molecule has 0 aliphatic rings. The Labute approximate surface area is 109 Å². The third kappa shape index (κ3) is 4.12. The van der Waals surface area contributed by atoms with Crippen LogP contribution >= 0.6 is 0 Å². The molecule has 0 atom stereocenters. The lowest BCUT2D eigenvalue weighted by Crippen LogP contribution is -2.21. The number of aliphatic carboxylic acids is 1. The number of hydrogen-bond donors (Lipinski definition) is 4. The van der Waals surface area contributed by atoms with Crippen LogP contribution in [0.4, 0.5) is 5.69 Å². The van der Waals surface area contributed by atoms with E-state index in [0.717, 1.165) is 5.56 Å².